The monoisotopic (exact) mass is 238 g/mol. The number of nitrogens with zero attached hydrogens (tertiary/aromatic N) is 1. The fraction of sp³-hybridized carbons (Fsp3) is 0.182. The van der Waals surface area contributed by atoms with Crippen LogP contribution in [0.3, 0.4) is 0 Å². The third-order valence-electron chi connectivity index (χ3n) is 2.19. The molecular formula is C11H11ClN2S. The lowest BCUT2D eigenvalue weighted by Crippen LogP contribution is -2.05. The van der Waals surface area contributed by atoms with Gasteiger partial charge in [-0.1, -0.05) is 11.6 Å². The summed E-state index contributed by atoms with van der Waals surface area (Å²) in [5.41, 5.74) is 2.19. The van der Waals surface area contributed by atoms with E-state index < -0.39 is 0 Å². The Bertz CT molecular complexity index is 428. The molecule has 2 aromatic rings. The predicted octanol–water partition coefficient (Wildman–Crippen LogP) is 3.97. The molecule has 1 unspecified atom stereocenters. The number of aromatic nitrogens is 1. The first-order valence-corrected chi connectivity index (χ1v) is 5.97. The average molecular weight is 239 g/mol. The van der Waals surface area contributed by atoms with E-state index in [0.717, 1.165) is 5.69 Å². The second-order valence-corrected chi connectivity index (χ2v) is 4.47. The summed E-state index contributed by atoms with van der Waals surface area (Å²) in [5.74, 6) is 0. The summed E-state index contributed by atoms with van der Waals surface area (Å²) >= 11 is 7.70. The molecule has 0 aromatic carbocycles. The Morgan fingerprint density at radius 2 is 2.33 bits per heavy atom. The van der Waals surface area contributed by atoms with Crippen molar-refractivity contribution >= 4 is 28.6 Å². The number of anilines is 1. The van der Waals surface area contributed by atoms with Crippen LogP contribution in [0.15, 0.2) is 35.3 Å². The van der Waals surface area contributed by atoms with Crippen molar-refractivity contribution in [1.82, 2.24) is 4.98 Å². The summed E-state index contributed by atoms with van der Waals surface area (Å²) in [7, 11) is 0. The molecule has 0 fully saturated rings. The van der Waals surface area contributed by atoms with Crippen LogP contribution in [0.2, 0.25) is 5.02 Å². The Kier molecular flexibility index (Phi) is 3.23. The molecule has 2 nitrogen and oxygen atoms in total. The van der Waals surface area contributed by atoms with Gasteiger partial charge in [0, 0.05) is 18.4 Å². The lowest BCUT2D eigenvalue weighted by Gasteiger charge is -2.14. The standard InChI is InChI=1S/C11H11ClN2S/c1-8(9-3-5-15-7-9)14-11-2-4-13-6-10(11)12/h2-8H,1H3,(H,13,14). The van der Waals surface area contributed by atoms with E-state index in [9.17, 15) is 0 Å². The molecule has 0 aliphatic carbocycles. The van der Waals surface area contributed by atoms with Crippen LogP contribution in [0, 0.1) is 0 Å². The van der Waals surface area contributed by atoms with E-state index in [1.807, 2.05) is 6.07 Å². The molecule has 2 aromatic heterocycles. The lowest BCUT2D eigenvalue weighted by molar-refractivity contribution is 0.890. The fourth-order valence-corrected chi connectivity index (χ4v) is 2.26. The molecule has 2 rings (SSSR count). The molecule has 0 bridgehead atoms. The van der Waals surface area contributed by atoms with Gasteiger partial charge in [-0.05, 0) is 35.4 Å². The zero-order valence-electron chi connectivity index (χ0n) is 8.27. The number of rotatable bonds is 3. The third kappa shape index (κ3) is 2.49. The second kappa shape index (κ2) is 4.64. The summed E-state index contributed by atoms with van der Waals surface area (Å²) in [6, 6.07) is 4.25. The molecule has 78 valence electrons. The van der Waals surface area contributed by atoms with E-state index in [1.165, 1.54) is 5.56 Å². The van der Waals surface area contributed by atoms with Crippen molar-refractivity contribution in [3.63, 3.8) is 0 Å². The van der Waals surface area contributed by atoms with Gasteiger partial charge in [0.25, 0.3) is 0 Å². The van der Waals surface area contributed by atoms with Gasteiger partial charge in [-0.2, -0.15) is 11.3 Å². The number of thiophene rings is 1. The summed E-state index contributed by atoms with van der Waals surface area (Å²) in [4.78, 5) is 3.95. The van der Waals surface area contributed by atoms with E-state index in [1.54, 1.807) is 23.7 Å². The zero-order chi connectivity index (χ0) is 10.7. The predicted molar refractivity (Wildman–Crippen MR) is 65.6 cm³/mol. The summed E-state index contributed by atoms with van der Waals surface area (Å²) < 4.78 is 0. The maximum atomic E-state index is 6.01. The van der Waals surface area contributed by atoms with Crippen LogP contribution in [0.5, 0.6) is 0 Å². The first kappa shape index (κ1) is 10.5. The van der Waals surface area contributed by atoms with Crippen molar-refractivity contribution in [3.05, 3.63) is 45.9 Å². The molecule has 4 heteroatoms. The SMILES string of the molecule is CC(Nc1ccncc1Cl)c1ccsc1. The molecule has 1 N–H and O–H groups in total. The molecule has 0 saturated heterocycles. The van der Waals surface area contributed by atoms with Crippen LogP contribution >= 0.6 is 22.9 Å². The van der Waals surface area contributed by atoms with E-state index in [2.05, 4.69) is 34.1 Å². The highest BCUT2D eigenvalue weighted by molar-refractivity contribution is 7.07. The van der Waals surface area contributed by atoms with Crippen LogP contribution in [0.1, 0.15) is 18.5 Å². The van der Waals surface area contributed by atoms with E-state index in [-0.39, 0.29) is 6.04 Å². The molecule has 15 heavy (non-hydrogen) atoms. The van der Waals surface area contributed by atoms with Gasteiger partial charge in [-0.15, -0.1) is 0 Å². The highest BCUT2D eigenvalue weighted by Gasteiger charge is 2.07. The van der Waals surface area contributed by atoms with Gasteiger partial charge < -0.3 is 5.32 Å². The normalized spacial score (nSPS) is 12.4. The van der Waals surface area contributed by atoms with Crippen LogP contribution in [0.25, 0.3) is 0 Å². The van der Waals surface area contributed by atoms with Gasteiger partial charge in [0.1, 0.15) is 0 Å². The molecule has 0 radical (unpaired) electrons. The molecule has 2 heterocycles. The summed E-state index contributed by atoms with van der Waals surface area (Å²) in [6.07, 6.45) is 3.37. The van der Waals surface area contributed by atoms with E-state index >= 15 is 0 Å². The van der Waals surface area contributed by atoms with Crippen LogP contribution in [0.4, 0.5) is 5.69 Å². The van der Waals surface area contributed by atoms with Crippen molar-refractivity contribution in [3.8, 4) is 0 Å². The van der Waals surface area contributed by atoms with Crippen molar-refractivity contribution in [2.45, 2.75) is 13.0 Å². The Hall–Kier alpha value is -1.06. The molecule has 0 saturated carbocycles. The molecule has 0 amide bonds. The van der Waals surface area contributed by atoms with Gasteiger partial charge >= 0.3 is 0 Å². The van der Waals surface area contributed by atoms with Crippen LogP contribution in [-0.4, -0.2) is 4.98 Å². The summed E-state index contributed by atoms with van der Waals surface area (Å²) in [6.45, 7) is 2.11. The largest absolute Gasteiger partial charge is 0.377 e. The van der Waals surface area contributed by atoms with Crippen molar-refractivity contribution in [1.29, 1.82) is 0 Å². The van der Waals surface area contributed by atoms with Gasteiger partial charge in [0.05, 0.1) is 10.7 Å². The Labute approximate surface area is 97.9 Å². The molecule has 0 spiro atoms. The zero-order valence-corrected chi connectivity index (χ0v) is 9.85. The fourth-order valence-electron chi connectivity index (χ4n) is 1.33. The smallest absolute Gasteiger partial charge is 0.0820 e. The van der Waals surface area contributed by atoms with Gasteiger partial charge in [-0.3, -0.25) is 4.98 Å². The number of hydrogen-bond acceptors (Lipinski definition) is 3. The lowest BCUT2D eigenvalue weighted by atomic mass is 10.2. The van der Waals surface area contributed by atoms with E-state index in [0.29, 0.717) is 5.02 Å². The van der Waals surface area contributed by atoms with Gasteiger partial charge in [-0.25, -0.2) is 0 Å². The van der Waals surface area contributed by atoms with Crippen LogP contribution in [-0.2, 0) is 0 Å². The highest BCUT2D eigenvalue weighted by Crippen LogP contribution is 2.25. The highest BCUT2D eigenvalue weighted by atomic mass is 35.5. The van der Waals surface area contributed by atoms with Crippen molar-refractivity contribution in [2.24, 2.45) is 0 Å². The van der Waals surface area contributed by atoms with Crippen molar-refractivity contribution < 1.29 is 0 Å². The number of halogens is 1. The van der Waals surface area contributed by atoms with E-state index in [4.69, 9.17) is 11.6 Å². The van der Waals surface area contributed by atoms with Gasteiger partial charge in [0.2, 0.25) is 0 Å². The van der Waals surface area contributed by atoms with Crippen LogP contribution < -0.4 is 5.32 Å². The molecule has 1 atom stereocenters. The minimum atomic E-state index is 0.260. The maximum absolute atomic E-state index is 6.01. The van der Waals surface area contributed by atoms with Gasteiger partial charge in [0.15, 0.2) is 0 Å². The molecule has 0 aliphatic heterocycles. The second-order valence-electron chi connectivity index (χ2n) is 3.28. The first-order valence-electron chi connectivity index (χ1n) is 4.65. The quantitative estimate of drug-likeness (QED) is 0.875. The number of hydrogen-bond donors (Lipinski definition) is 1. The third-order valence-corrected chi connectivity index (χ3v) is 3.19. The maximum Gasteiger partial charge on any atom is 0.0820 e. The first-order chi connectivity index (χ1) is 7.27. The topological polar surface area (TPSA) is 24.9 Å². The minimum Gasteiger partial charge on any atom is -0.377 e. The Balaban J connectivity index is 2.13. The molecular weight excluding hydrogens is 228 g/mol. The van der Waals surface area contributed by atoms with Crippen molar-refractivity contribution in [2.75, 3.05) is 5.32 Å². The average Bonchev–Trinajstić information content (AvgIpc) is 2.74. The number of nitrogens with one attached hydrogen (secondary N) is 1. The number of pyridine rings is 1. The molecule has 0 aliphatic rings. The minimum absolute atomic E-state index is 0.260. The Morgan fingerprint density at radius 1 is 1.47 bits per heavy atom. The Morgan fingerprint density at radius 3 is 3.00 bits per heavy atom. The summed E-state index contributed by atoms with van der Waals surface area (Å²) in [5, 5.41) is 8.20.